The molecule has 0 atom stereocenters. The number of hydrogen-bond acceptors (Lipinski definition) is 1. The summed E-state index contributed by atoms with van der Waals surface area (Å²) in [6.45, 7) is 3.92. The lowest BCUT2D eigenvalue weighted by Gasteiger charge is -2.19. The molecule has 1 aliphatic rings. The molecule has 0 N–H and O–H groups in total. The average molecular weight is 243 g/mol. The van der Waals surface area contributed by atoms with E-state index in [0.717, 1.165) is 25.9 Å². The first-order valence-corrected chi connectivity index (χ1v) is 5.86. The van der Waals surface area contributed by atoms with Crippen LogP contribution >= 0.6 is 0 Å². The number of benzene rings is 1. The fourth-order valence-corrected chi connectivity index (χ4v) is 2.27. The molecule has 1 aliphatic heterocycles. The zero-order valence-corrected chi connectivity index (χ0v) is 9.85. The lowest BCUT2D eigenvalue weighted by atomic mass is 10.0. The van der Waals surface area contributed by atoms with E-state index in [0.29, 0.717) is 17.7 Å². The summed E-state index contributed by atoms with van der Waals surface area (Å²) in [7, 11) is 0. The molecule has 17 heavy (non-hydrogen) atoms. The van der Waals surface area contributed by atoms with E-state index >= 15 is 0 Å². The maximum absolute atomic E-state index is 12.9. The molecule has 0 saturated carbocycles. The maximum Gasteiger partial charge on any atom is 0.416 e. The molecule has 0 radical (unpaired) electrons. The van der Waals surface area contributed by atoms with Crippen LogP contribution in [0.3, 0.4) is 0 Å². The van der Waals surface area contributed by atoms with Crippen molar-refractivity contribution in [3.63, 3.8) is 0 Å². The van der Waals surface area contributed by atoms with Crippen LogP contribution in [0.2, 0.25) is 0 Å². The standard InChI is InChI=1S/C13H16F3N/c1-10-4-5-11(9-17-6-2-3-7-17)12(8-10)13(14,15)16/h4-5,8H,2-3,6-7,9H2,1H3. The van der Waals surface area contributed by atoms with Gasteiger partial charge in [-0.1, -0.05) is 17.7 Å². The minimum absolute atomic E-state index is 0.394. The Labute approximate surface area is 99.2 Å². The second-order valence-corrected chi connectivity index (χ2v) is 4.64. The van der Waals surface area contributed by atoms with Crippen LogP contribution in [0.1, 0.15) is 29.5 Å². The van der Waals surface area contributed by atoms with Gasteiger partial charge in [-0.05, 0) is 44.5 Å². The molecule has 0 amide bonds. The van der Waals surface area contributed by atoms with Crippen LogP contribution in [0.25, 0.3) is 0 Å². The molecule has 94 valence electrons. The highest BCUT2D eigenvalue weighted by molar-refractivity contribution is 5.33. The fourth-order valence-electron chi connectivity index (χ4n) is 2.27. The molecule has 1 nitrogen and oxygen atoms in total. The third-order valence-corrected chi connectivity index (χ3v) is 3.16. The number of hydrogen-bond donors (Lipinski definition) is 0. The van der Waals surface area contributed by atoms with Gasteiger partial charge in [0.1, 0.15) is 0 Å². The van der Waals surface area contributed by atoms with Crippen molar-refractivity contribution in [2.45, 2.75) is 32.5 Å². The third-order valence-electron chi connectivity index (χ3n) is 3.16. The molecule has 0 bridgehead atoms. The van der Waals surface area contributed by atoms with Gasteiger partial charge in [0, 0.05) is 6.54 Å². The maximum atomic E-state index is 12.9. The first-order chi connectivity index (χ1) is 7.97. The Balaban J connectivity index is 2.25. The Morgan fingerprint density at radius 1 is 1.18 bits per heavy atom. The van der Waals surface area contributed by atoms with Gasteiger partial charge >= 0.3 is 6.18 Å². The highest BCUT2D eigenvalue weighted by atomic mass is 19.4. The van der Waals surface area contributed by atoms with Gasteiger partial charge in [-0.3, -0.25) is 4.90 Å². The smallest absolute Gasteiger partial charge is 0.299 e. The molecule has 2 rings (SSSR count). The zero-order chi connectivity index (χ0) is 12.5. The van der Waals surface area contributed by atoms with Crippen molar-refractivity contribution in [1.29, 1.82) is 0 Å². The topological polar surface area (TPSA) is 3.24 Å². The summed E-state index contributed by atoms with van der Waals surface area (Å²) in [4.78, 5) is 2.08. The second kappa shape index (κ2) is 4.69. The van der Waals surface area contributed by atoms with E-state index in [2.05, 4.69) is 4.90 Å². The van der Waals surface area contributed by atoms with E-state index < -0.39 is 11.7 Å². The summed E-state index contributed by atoms with van der Waals surface area (Å²) in [5, 5.41) is 0. The van der Waals surface area contributed by atoms with E-state index in [9.17, 15) is 13.2 Å². The van der Waals surface area contributed by atoms with Crippen LogP contribution in [0.4, 0.5) is 13.2 Å². The van der Waals surface area contributed by atoms with Crippen molar-refractivity contribution in [2.75, 3.05) is 13.1 Å². The van der Waals surface area contributed by atoms with Gasteiger partial charge in [0.05, 0.1) is 5.56 Å². The minimum atomic E-state index is -4.25. The van der Waals surface area contributed by atoms with E-state index in [1.54, 1.807) is 19.1 Å². The molecule has 1 heterocycles. The first kappa shape index (κ1) is 12.4. The molecular weight excluding hydrogens is 227 g/mol. The molecular formula is C13H16F3N. The summed E-state index contributed by atoms with van der Waals surface area (Å²) in [5.74, 6) is 0. The van der Waals surface area contributed by atoms with Crippen LogP contribution in [0.15, 0.2) is 18.2 Å². The summed E-state index contributed by atoms with van der Waals surface area (Å²) >= 11 is 0. The van der Waals surface area contributed by atoms with Crippen molar-refractivity contribution >= 4 is 0 Å². The Hall–Kier alpha value is -1.03. The molecule has 0 unspecified atom stereocenters. The van der Waals surface area contributed by atoms with Crippen LogP contribution in [-0.4, -0.2) is 18.0 Å². The van der Waals surface area contributed by atoms with Gasteiger partial charge in [0.25, 0.3) is 0 Å². The van der Waals surface area contributed by atoms with E-state index in [-0.39, 0.29) is 0 Å². The van der Waals surface area contributed by atoms with E-state index in [1.165, 1.54) is 6.07 Å². The molecule has 0 aliphatic carbocycles. The average Bonchev–Trinajstić information content (AvgIpc) is 2.72. The first-order valence-electron chi connectivity index (χ1n) is 5.86. The number of nitrogens with zero attached hydrogens (tertiary/aromatic N) is 1. The quantitative estimate of drug-likeness (QED) is 0.767. The predicted octanol–water partition coefficient (Wildman–Crippen LogP) is 3.61. The number of alkyl halides is 3. The van der Waals surface area contributed by atoms with Gasteiger partial charge in [-0.15, -0.1) is 0 Å². The van der Waals surface area contributed by atoms with Crippen molar-refractivity contribution in [3.05, 3.63) is 34.9 Å². The molecule has 4 heteroatoms. The molecule has 1 aromatic carbocycles. The molecule has 1 saturated heterocycles. The van der Waals surface area contributed by atoms with Crippen LogP contribution < -0.4 is 0 Å². The van der Waals surface area contributed by atoms with Crippen LogP contribution in [0, 0.1) is 6.92 Å². The highest BCUT2D eigenvalue weighted by Gasteiger charge is 2.33. The summed E-state index contributed by atoms with van der Waals surface area (Å²) in [5.41, 5.74) is 0.567. The minimum Gasteiger partial charge on any atom is -0.299 e. The lowest BCUT2D eigenvalue weighted by Crippen LogP contribution is -2.21. The van der Waals surface area contributed by atoms with Crippen molar-refractivity contribution in [2.24, 2.45) is 0 Å². The van der Waals surface area contributed by atoms with Crippen molar-refractivity contribution in [1.82, 2.24) is 4.90 Å². The Kier molecular flexibility index (Phi) is 3.43. The number of halogens is 3. The third kappa shape index (κ3) is 3.00. The molecule has 1 aromatic rings. The van der Waals surface area contributed by atoms with Gasteiger partial charge in [0.15, 0.2) is 0 Å². The Bertz CT molecular complexity index is 392. The van der Waals surface area contributed by atoms with Gasteiger partial charge in [-0.2, -0.15) is 13.2 Å². The lowest BCUT2D eigenvalue weighted by molar-refractivity contribution is -0.138. The highest BCUT2D eigenvalue weighted by Crippen LogP contribution is 2.33. The number of aryl methyl sites for hydroxylation is 1. The Morgan fingerprint density at radius 2 is 1.82 bits per heavy atom. The second-order valence-electron chi connectivity index (χ2n) is 4.64. The predicted molar refractivity (Wildman–Crippen MR) is 60.7 cm³/mol. The van der Waals surface area contributed by atoms with Crippen LogP contribution in [0.5, 0.6) is 0 Å². The molecule has 0 aromatic heterocycles. The molecule has 0 spiro atoms. The molecule has 1 fully saturated rings. The number of likely N-dealkylation sites (tertiary alicyclic amines) is 1. The fraction of sp³-hybridized carbons (Fsp3) is 0.538. The van der Waals surface area contributed by atoms with E-state index in [4.69, 9.17) is 0 Å². The van der Waals surface area contributed by atoms with Gasteiger partial charge < -0.3 is 0 Å². The van der Waals surface area contributed by atoms with Crippen molar-refractivity contribution < 1.29 is 13.2 Å². The van der Waals surface area contributed by atoms with Gasteiger partial charge in [0.2, 0.25) is 0 Å². The Morgan fingerprint density at radius 3 is 2.41 bits per heavy atom. The van der Waals surface area contributed by atoms with Gasteiger partial charge in [-0.25, -0.2) is 0 Å². The normalized spacial score (nSPS) is 17.6. The largest absolute Gasteiger partial charge is 0.416 e. The summed E-state index contributed by atoms with van der Waals surface area (Å²) in [6, 6.07) is 4.60. The van der Waals surface area contributed by atoms with Crippen molar-refractivity contribution in [3.8, 4) is 0 Å². The number of rotatable bonds is 2. The summed E-state index contributed by atoms with van der Waals surface area (Å²) < 4.78 is 38.7. The monoisotopic (exact) mass is 243 g/mol. The van der Waals surface area contributed by atoms with E-state index in [1.807, 2.05) is 0 Å². The zero-order valence-electron chi connectivity index (χ0n) is 9.85. The SMILES string of the molecule is Cc1ccc(CN2CCCC2)c(C(F)(F)F)c1. The van der Waals surface area contributed by atoms with Crippen LogP contribution in [-0.2, 0) is 12.7 Å². The summed E-state index contributed by atoms with van der Waals surface area (Å²) in [6.07, 6.45) is -2.07.